The molecule has 0 fully saturated rings. The number of aryl methyl sites for hydroxylation is 1. The van der Waals surface area contributed by atoms with E-state index in [9.17, 15) is 9.90 Å². The SMILES string of the molecule is Cc1cc(NCc2cn(-c3ccccc3C(=O)O)cn2)ncn1. The number of carbonyl (C=O) groups is 1. The lowest BCUT2D eigenvalue weighted by Crippen LogP contribution is -2.04. The molecule has 23 heavy (non-hydrogen) atoms. The zero-order valence-corrected chi connectivity index (χ0v) is 12.5. The fraction of sp³-hybridized carbons (Fsp3) is 0.125. The van der Waals surface area contributed by atoms with Crippen LogP contribution in [0.15, 0.2) is 49.2 Å². The van der Waals surface area contributed by atoms with Crippen LogP contribution in [0.2, 0.25) is 0 Å². The number of benzene rings is 1. The molecule has 0 aliphatic rings. The number of aromatic carboxylic acids is 1. The van der Waals surface area contributed by atoms with Crippen LogP contribution in [0.5, 0.6) is 0 Å². The van der Waals surface area contributed by atoms with Crippen LogP contribution in [0.3, 0.4) is 0 Å². The largest absolute Gasteiger partial charge is 0.478 e. The summed E-state index contributed by atoms with van der Waals surface area (Å²) in [7, 11) is 0. The number of nitrogens with zero attached hydrogens (tertiary/aromatic N) is 4. The average molecular weight is 309 g/mol. The van der Waals surface area contributed by atoms with E-state index in [0.717, 1.165) is 17.2 Å². The van der Waals surface area contributed by atoms with Crippen LogP contribution in [0, 0.1) is 6.92 Å². The predicted molar refractivity (Wildman–Crippen MR) is 84.6 cm³/mol. The van der Waals surface area contributed by atoms with Crippen molar-refractivity contribution in [3.63, 3.8) is 0 Å². The highest BCUT2D eigenvalue weighted by Gasteiger charge is 2.11. The molecule has 0 amide bonds. The summed E-state index contributed by atoms with van der Waals surface area (Å²) in [6, 6.07) is 8.65. The van der Waals surface area contributed by atoms with E-state index in [4.69, 9.17) is 0 Å². The minimum atomic E-state index is -0.967. The molecule has 7 nitrogen and oxygen atoms in total. The third-order valence-electron chi connectivity index (χ3n) is 3.30. The number of aromatic nitrogens is 4. The van der Waals surface area contributed by atoms with Gasteiger partial charge in [-0.2, -0.15) is 0 Å². The summed E-state index contributed by atoms with van der Waals surface area (Å²) in [5, 5.41) is 12.4. The van der Waals surface area contributed by atoms with Gasteiger partial charge in [-0.3, -0.25) is 0 Å². The number of para-hydroxylation sites is 1. The first-order valence-corrected chi connectivity index (χ1v) is 7.01. The molecule has 0 unspecified atom stereocenters. The first-order chi connectivity index (χ1) is 11.1. The summed E-state index contributed by atoms with van der Waals surface area (Å²) in [4.78, 5) is 23.7. The lowest BCUT2D eigenvalue weighted by atomic mass is 10.2. The van der Waals surface area contributed by atoms with Crippen LogP contribution in [-0.4, -0.2) is 30.6 Å². The molecule has 3 rings (SSSR count). The molecule has 2 aromatic heterocycles. The van der Waals surface area contributed by atoms with Gasteiger partial charge in [0.25, 0.3) is 0 Å². The van der Waals surface area contributed by atoms with Crippen molar-refractivity contribution in [2.24, 2.45) is 0 Å². The minimum Gasteiger partial charge on any atom is -0.478 e. The van der Waals surface area contributed by atoms with E-state index in [2.05, 4.69) is 20.3 Å². The quantitative estimate of drug-likeness (QED) is 0.751. The molecule has 2 N–H and O–H groups in total. The van der Waals surface area contributed by atoms with Crippen LogP contribution >= 0.6 is 0 Å². The molecule has 0 bridgehead atoms. The molecule has 0 saturated carbocycles. The highest BCUT2D eigenvalue weighted by molar-refractivity contribution is 5.91. The molecule has 3 aromatic rings. The summed E-state index contributed by atoms with van der Waals surface area (Å²) in [6.07, 6.45) is 4.90. The Labute approximate surface area is 132 Å². The number of rotatable bonds is 5. The number of hydrogen-bond donors (Lipinski definition) is 2. The van der Waals surface area contributed by atoms with E-state index in [0.29, 0.717) is 12.2 Å². The van der Waals surface area contributed by atoms with Crippen LogP contribution < -0.4 is 5.32 Å². The highest BCUT2D eigenvalue weighted by atomic mass is 16.4. The maximum absolute atomic E-state index is 11.3. The summed E-state index contributed by atoms with van der Waals surface area (Å²) < 4.78 is 1.70. The number of nitrogens with one attached hydrogen (secondary N) is 1. The lowest BCUT2D eigenvalue weighted by molar-refractivity contribution is 0.0697. The first kappa shape index (κ1) is 14.7. The van der Waals surface area contributed by atoms with Gasteiger partial charge in [0, 0.05) is 18.0 Å². The van der Waals surface area contributed by atoms with Gasteiger partial charge in [0.15, 0.2) is 0 Å². The number of carboxylic acids is 1. The number of hydrogen-bond acceptors (Lipinski definition) is 5. The molecule has 0 spiro atoms. The molecule has 1 aromatic carbocycles. The number of anilines is 1. The molecule has 0 aliphatic heterocycles. The third kappa shape index (κ3) is 3.34. The molecule has 0 atom stereocenters. The second kappa shape index (κ2) is 6.27. The van der Waals surface area contributed by atoms with Crippen molar-refractivity contribution in [1.82, 2.24) is 19.5 Å². The van der Waals surface area contributed by atoms with E-state index in [1.807, 2.05) is 13.0 Å². The summed E-state index contributed by atoms with van der Waals surface area (Å²) in [5.74, 6) is -0.247. The Bertz CT molecular complexity index is 844. The Morgan fingerprint density at radius 1 is 1.26 bits per heavy atom. The lowest BCUT2D eigenvalue weighted by Gasteiger charge is -2.06. The fourth-order valence-corrected chi connectivity index (χ4v) is 2.20. The maximum Gasteiger partial charge on any atom is 0.337 e. The topological polar surface area (TPSA) is 92.9 Å². The smallest absolute Gasteiger partial charge is 0.337 e. The maximum atomic E-state index is 11.3. The second-order valence-electron chi connectivity index (χ2n) is 4.99. The normalized spacial score (nSPS) is 10.5. The van der Waals surface area contributed by atoms with Gasteiger partial charge in [-0.05, 0) is 19.1 Å². The predicted octanol–water partition coefficient (Wildman–Crippen LogP) is 2.28. The standard InChI is InChI=1S/C16H15N5O2/c1-11-6-15(19-9-18-11)17-7-12-8-21(10-20-12)14-5-3-2-4-13(14)16(22)23/h2-6,8-10H,7H2,1H3,(H,22,23)(H,17,18,19). The van der Waals surface area contributed by atoms with Gasteiger partial charge in [0.1, 0.15) is 12.1 Å². The zero-order valence-electron chi connectivity index (χ0n) is 12.5. The highest BCUT2D eigenvalue weighted by Crippen LogP contribution is 2.15. The summed E-state index contributed by atoms with van der Waals surface area (Å²) in [6.45, 7) is 2.38. The molecule has 0 aliphatic carbocycles. The Kier molecular flexibility index (Phi) is 4.01. The van der Waals surface area contributed by atoms with Crippen molar-refractivity contribution in [3.8, 4) is 5.69 Å². The molecule has 0 radical (unpaired) electrons. The number of carboxylic acid groups (broad SMARTS) is 1. The average Bonchev–Trinajstić information content (AvgIpc) is 3.02. The summed E-state index contributed by atoms with van der Waals surface area (Å²) >= 11 is 0. The van der Waals surface area contributed by atoms with Crippen LogP contribution in [0.25, 0.3) is 5.69 Å². The second-order valence-corrected chi connectivity index (χ2v) is 4.99. The van der Waals surface area contributed by atoms with Gasteiger partial charge in [-0.1, -0.05) is 12.1 Å². The van der Waals surface area contributed by atoms with Crippen molar-refractivity contribution in [3.05, 3.63) is 66.1 Å². The Balaban J connectivity index is 1.77. The Morgan fingerprint density at radius 3 is 2.87 bits per heavy atom. The van der Waals surface area contributed by atoms with Crippen LogP contribution in [0.4, 0.5) is 5.82 Å². The van der Waals surface area contributed by atoms with Crippen molar-refractivity contribution in [1.29, 1.82) is 0 Å². The zero-order chi connectivity index (χ0) is 16.2. The van der Waals surface area contributed by atoms with Crippen molar-refractivity contribution in [2.75, 3.05) is 5.32 Å². The van der Waals surface area contributed by atoms with Gasteiger partial charge in [0.05, 0.1) is 29.8 Å². The molecule has 116 valence electrons. The first-order valence-electron chi connectivity index (χ1n) is 7.01. The fourth-order valence-electron chi connectivity index (χ4n) is 2.20. The van der Waals surface area contributed by atoms with Gasteiger partial charge < -0.3 is 15.0 Å². The third-order valence-corrected chi connectivity index (χ3v) is 3.30. The van der Waals surface area contributed by atoms with Crippen LogP contribution in [-0.2, 0) is 6.54 Å². The van der Waals surface area contributed by atoms with E-state index >= 15 is 0 Å². The van der Waals surface area contributed by atoms with Gasteiger partial charge >= 0.3 is 5.97 Å². The Morgan fingerprint density at radius 2 is 2.09 bits per heavy atom. The van der Waals surface area contributed by atoms with E-state index in [1.165, 1.54) is 6.33 Å². The van der Waals surface area contributed by atoms with Gasteiger partial charge in [0.2, 0.25) is 0 Å². The number of imidazole rings is 1. The van der Waals surface area contributed by atoms with Crippen molar-refractivity contribution in [2.45, 2.75) is 13.5 Å². The van der Waals surface area contributed by atoms with E-state index in [1.54, 1.807) is 41.4 Å². The molecule has 7 heteroatoms. The van der Waals surface area contributed by atoms with Gasteiger partial charge in [-0.15, -0.1) is 0 Å². The van der Waals surface area contributed by atoms with Gasteiger partial charge in [-0.25, -0.2) is 19.7 Å². The van der Waals surface area contributed by atoms with E-state index < -0.39 is 5.97 Å². The molecule has 0 saturated heterocycles. The van der Waals surface area contributed by atoms with Crippen molar-refractivity contribution < 1.29 is 9.90 Å². The molecular formula is C16H15N5O2. The minimum absolute atomic E-state index is 0.232. The molecule has 2 heterocycles. The summed E-state index contributed by atoms with van der Waals surface area (Å²) in [5.41, 5.74) is 2.47. The Hall–Kier alpha value is -3.22. The van der Waals surface area contributed by atoms with Crippen LogP contribution in [0.1, 0.15) is 21.7 Å². The monoisotopic (exact) mass is 309 g/mol. The van der Waals surface area contributed by atoms with E-state index in [-0.39, 0.29) is 5.56 Å². The van der Waals surface area contributed by atoms with Crippen molar-refractivity contribution >= 4 is 11.8 Å². The molecular weight excluding hydrogens is 294 g/mol.